The van der Waals surface area contributed by atoms with Gasteiger partial charge in [0.15, 0.2) is 0 Å². The lowest BCUT2D eigenvalue weighted by Crippen LogP contribution is -2.44. The van der Waals surface area contributed by atoms with Gasteiger partial charge in [0.25, 0.3) is 0 Å². The molecule has 1 saturated heterocycles. The van der Waals surface area contributed by atoms with E-state index in [4.69, 9.17) is 0 Å². The summed E-state index contributed by atoms with van der Waals surface area (Å²) in [5, 5.41) is 3.28. The molecule has 2 rings (SSSR count). The molecule has 7 heteroatoms. The van der Waals surface area contributed by atoms with Gasteiger partial charge < -0.3 is 5.32 Å². The van der Waals surface area contributed by atoms with Crippen molar-refractivity contribution < 1.29 is 12.8 Å². The topological polar surface area (TPSA) is 49.4 Å². The van der Waals surface area contributed by atoms with Crippen LogP contribution in [-0.2, 0) is 10.0 Å². The summed E-state index contributed by atoms with van der Waals surface area (Å²) in [7, 11) is -3.84. The Morgan fingerprint density at radius 1 is 1.48 bits per heavy atom. The summed E-state index contributed by atoms with van der Waals surface area (Å²) >= 11 is 3.14. The van der Waals surface area contributed by atoms with Gasteiger partial charge in [0.2, 0.25) is 10.0 Å². The van der Waals surface area contributed by atoms with Gasteiger partial charge in [-0.2, -0.15) is 4.31 Å². The van der Waals surface area contributed by atoms with Crippen LogP contribution in [0, 0.1) is 5.82 Å². The summed E-state index contributed by atoms with van der Waals surface area (Å²) < 4.78 is 41.4. The third-order valence-electron chi connectivity index (χ3n) is 3.62. The Labute approximate surface area is 133 Å². The van der Waals surface area contributed by atoms with E-state index in [-0.39, 0.29) is 17.0 Å². The molecule has 0 aliphatic carbocycles. The molecule has 118 valence electrons. The van der Waals surface area contributed by atoms with Gasteiger partial charge in [0.1, 0.15) is 10.7 Å². The van der Waals surface area contributed by atoms with Gasteiger partial charge in [-0.3, -0.25) is 0 Å². The minimum absolute atomic E-state index is 0.140. The predicted octanol–water partition coefficient (Wildman–Crippen LogP) is 2.74. The molecule has 1 aromatic carbocycles. The second-order valence-corrected chi connectivity index (χ2v) is 8.31. The number of halogens is 2. The fraction of sp³-hybridized carbons (Fsp3) is 0.571. The van der Waals surface area contributed by atoms with Gasteiger partial charge in [-0.1, -0.05) is 15.9 Å². The van der Waals surface area contributed by atoms with Crippen molar-refractivity contribution in [1.29, 1.82) is 0 Å². The van der Waals surface area contributed by atoms with Crippen LogP contribution in [0.15, 0.2) is 27.6 Å². The van der Waals surface area contributed by atoms with Gasteiger partial charge in [-0.15, -0.1) is 0 Å². The lowest BCUT2D eigenvalue weighted by molar-refractivity contribution is 0.321. The zero-order chi connectivity index (χ0) is 15.6. The summed E-state index contributed by atoms with van der Waals surface area (Å²) in [6.07, 6.45) is 1.99. The van der Waals surface area contributed by atoms with E-state index in [0.29, 0.717) is 11.0 Å². The Morgan fingerprint density at radius 2 is 2.19 bits per heavy atom. The number of hydrogen-bond acceptors (Lipinski definition) is 3. The maximum absolute atomic E-state index is 14.0. The molecule has 0 radical (unpaired) electrons. The lowest BCUT2D eigenvalue weighted by atomic mass is 10.2. The minimum Gasteiger partial charge on any atom is -0.313 e. The van der Waals surface area contributed by atoms with E-state index in [1.54, 1.807) is 6.07 Å². The maximum atomic E-state index is 14.0. The van der Waals surface area contributed by atoms with Crippen molar-refractivity contribution in [3.63, 3.8) is 0 Å². The summed E-state index contributed by atoms with van der Waals surface area (Å²) in [6, 6.07) is 3.95. The van der Waals surface area contributed by atoms with Crippen LogP contribution in [0.4, 0.5) is 4.39 Å². The Kier molecular flexibility index (Phi) is 5.40. The third-order valence-corrected chi connectivity index (χ3v) is 6.19. The van der Waals surface area contributed by atoms with Crippen molar-refractivity contribution in [2.45, 2.75) is 43.7 Å². The number of hydrogen-bond donors (Lipinski definition) is 1. The molecule has 1 heterocycles. The monoisotopic (exact) mass is 378 g/mol. The van der Waals surface area contributed by atoms with E-state index in [9.17, 15) is 12.8 Å². The molecule has 4 nitrogen and oxygen atoms in total. The van der Waals surface area contributed by atoms with Gasteiger partial charge in [-0.05, 0) is 51.4 Å². The van der Waals surface area contributed by atoms with E-state index < -0.39 is 15.8 Å². The molecule has 1 aliphatic rings. The first-order valence-electron chi connectivity index (χ1n) is 7.02. The second kappa shape index (κ2) is 6.73. The van der Waals surface area contributed by atoms with Gasteiger partial charge in [0.05, 0.1) is 0 Å². The standard InChI is InChI=1S/C14H20BrFN2O2S/c1-10(2)18(9-12-4-3-7-17-12)21(19,20)14-6-5-11(15)8-13(14)16/h5-6,8,10,12,17H,3-4,7,9H2,1-2H3. The molecule has 1 N–H and O–H groups in total. The lowest BCUT2D eigenvalue weighted by Gasteiger charge is -2.28. The zero-order valence-corrected chi connectivity index (χ0v) is 14.5. The van der Waals surface area contributed by atoms with Crippen LogP contribution in [0.5, 0.6) is 0 Å². The van der Waals surface area contributed by atoms with Crippen molar-refractivity contribution >= 4 is 26.0 Å². The van der Waals surface area contributed by atoms with Crippen LogP contribution in [0.25, 0.3) is 0 Å². The summed E-state index contributed by atoms with van der Waals surface area (Å²) in [5.74, 6) is -0.727. The largest absolute Gasteiger partial charge is 0.313 e. The molecule has 0 saturated carbocycles. The fourth-order valence-corrected chi connectivity index (χ4v) is 4.59. The maximum Gasteiger partial charge on any atom is 0.246 e. The molecule has 0 aromatic heterocycles. The predicted molar refractivity (Wildman–Crippen MR) is 84.2 cm³/mol. The van der Waals surface area contributed by atoms with Crippen molar-refractivity contribution in [3.05, 3.63) is 28.5 Å². The minimum atomic E-state index is -3.84. The number of benzene rings is 1. The second-order valence-electron chi connectivity index (χ2n) is 5.54. The highest BCUT2D eigenvalue weighted by Crippen LogP contribution is 2.25. The quantitative estimate of drug-likeness (QED) is 0.856. The smallest absolute Gasteiger partial charge is 0.246 e. The van der Waals surface area contributed by atoms with Crippen LogP contribution >= 0.6 is 15.9 Å². The van der Waals surface area contributed by atoms with Gasteiger partial charge in [0, 0.05) is 23.1 Å². The molecule has 1 unspecified atom stereocenters. The first kappa shape index (κ1) is 16.9. The molecule has 1 aromatic rings. The normalized spacial score (nSPS) is 19.6. The van der Waals surface area contributed by atoms with Crippen LogP contribution < -0.4 is 5.32 Å². The van der Waals surface area contributed by atoms with Crippen molar-refractivity contribution in [1.82, 2.24) is 9.62 Å². The fourth-order valence-electron chi connectivity index (χ4n) is 2.53. The van der Waals surface area contributed by atoms with Gasteiger partial charge in [-0.25, -0.2) is 12.8 Å². The number of nitrogens with one attached hydrogen (secondary N) is 1. The van der Waals surface area contributed by atoms with E-state index in [0.717, 1.165) is 19.4 Å². The number of nitrogens with zero attached hydrogens (tertiary/aromatic N) is 1. The Morgan fingerprint density at radius 3 is 2.71 bits per heavy atom. The summed E-state index contributed by atoms with van der Waals surface area (Å²) in [4.78, 5) is -0.266. The molecule has 0 amide bonds. The van der Waals surface area contributed by atoms with Gasteiger partial charge >= 0.3 is 0 Å². The Balaban J connectivity index is 2.32. The molecular weight excluding hydrogens is 359 g/mol. The van der Waals surface area contributed by atoms with E-state index in [1.807, 2.05) is 13.8 Å². The molecule has 1 aliphatic heterocycles. The average Bonchev–Trinajstić information content (AvgIpc) is 2.87. The molecule has 1 atom stereocenters. The summed E-state index contributed by atoms with van der Waals surface area (Å²) in [5.41, 5.74) is 0. The third kappa shape index (κ3) is 3.83. The Hall–Kier alpha value is -0.500. The van der Waals surface area contributed by atoms with Crippen molar-refractivity contribution in [3.8, 4) is 0 Å². The molecule has 21 heavy (non-hydrogen) atoms. The zero-order valence-electron chi connectivity index (χ0n) is 12.1. The number of rotatable bonds is 5. The highest BCUT2D eigenvalue weighted by molar-refractivity contribution is 9.10. The summed E-state index contributed by atoms with van der Waals surface area (Å²) in [6.45, 7) is 4.89. The molecule has 0 bridgehead atoms. The van der Waals surface area contributed by atoms with Crippen LogP contribution in [0.1, 0.15) is 26.7 Å². The molecular formula is C14H20BrFN2O2S. The first-order valence-corrected chi connectivity index (χ1v) is 9.26. The van der Waals surface area contributed by atoms with E-state index in [2.05, 4.69) is 21.2 Å². The van der Waals surface area contributed by atoms with E-state index >= 15 is 0 Å². The van der Waals surface area contributed by atoms with Crippen LogP contribution in [0.3, 0.4) is 0 Å². The number of sulfonamides is 1. The van der Waals surface area contributed by atoms with Crippen LogP contribution in [-0.4, -0.2) is 37.9 Å². The molecule has 1 fully saturated rings. The highest BCUT2D eigenvalue weighted by atomic mass is 79.9. The van der Waals surface area contributed by atoms with Crippen molar-refractivity contribution in [2.24, 2.45) is 0 Å². The Bertz CT molecular complexity index is 601. The van der Waals surface area contributed by atoms with E-state index in [1.165, 1.54) is 16.4 Å². The molecule has 0 spiro atoms. The first-order chi connectivity index (χ1) is 9.82. The average molecular weight is 379 g/mol. The highest BCUT2D eigenvalue weighted by Gasteiger charge is 2.32. The SMILES string of the molecule is CC(C)N(CC1CCCN1)S(=O)(=O)c1ccc(Br)cc1F. The van der Waals surface area contributed by atoms with Crippen molar-refractivity contribution in [2.75, 3.05) is 13.1 Å². The van der Waals surface area contributed by atoms with Crippen LogP contribution in [0.2, 0.25) is 0 Å².